The van der Waals surface area contributed by atoms with Gasteiger partial charge in [0.2, 0.25) is 5.95 Å². The van der Waals surface area contributed by atoms with Crippen LogP contribution in [0.25, 0.3) is 0 Å². The van der Waals surface area contributed by atoms with E-state index in [1.165, 1.54) is 12.4 Å². The lowest BCUT2D eigenvalue weighted by Crippen LogP contribution is -2.53. The van der Waals surface area contributed by atoms with Gasteiger partial charge in [-0.15, -0.1) is 0 Å². The summed E-state index contributed by atoms with van der Waals surface area (Å²) in [7, 11) is 0.525. The number of nitrogens with zero attached hydrogens (tertiary/aromatic N) is 2. The number of anilines is 1. The van der Waals surface area contributed by atoms with Gasteiger partial charge in [0.05, 0.1) is 11.2 Å². The lowest BCUT2D eigenvalue weighted by Gasteiger charge is -2.38. The molecule has 1 aromatic rings. The van der Waals surface area contributed by atoms with E-state index in [2.05, 4.69) is 15.3 Å². The van der Waals surface area contributed by atoms with Crippen LogP contribution in [-0.2, 0) is 4.65 Å². The van der Waals surface area contributed by atoms with Gasteiger partial charge in [0.15, 0.2) is 0 Å². The molecule has 0 radical (unpaired) electrons. The maximum atomic E-state index is 9.95. The van der Waals surface area contributed by atoms with Crippen molar-refractivity contribution in [3.05, 3.63) is 12.4 Å². The number of rotatable bonds is 5. The molecule has 7 heteroatoms. The Labute approximate surface area is 108 Å². The van der Waals surface area contributed by atoms with Crippen molar-refractivity contribution in [1.29, 1.82) is 0 Å². The Morgan fingerprint density at radius 3 is 2.11 bits per heavy atom. The largest absolute Gasteiger partial charge is 0.494 e. The molecule has 3 N–H and O–H groups in total. The van der Waals surface area contributed by atoms with E-state index in [9.17, 15) is 10.1 Å². The topological polar surface area (TPSA) is 87.5 Å². The number of nitrogens with one attached hydrogen (secondary N) is 1. The van der Waals surface area contributed by atoms with Crippen LogP contribution in [0.4, 0.5) is 5.95 Å². The first kappa shape index (κ1) is 14.9. The highest BCUT2D eigenvalue weighted by atomic mass is 16.5. The lowest BCUT2D eigenvalue weighted by atomic mass is 9.78. The molecule has 18 heavy (non-hydrogen) atoms. The van der Waals surface area contributed by atoms with Crippen molar-refractivity contribution in [3.8, 4) is 0 Å². The quantitative estimate of drug-likeness (QED) is 0.628. The summed E-state index contributed by atoms with van der Waals surface area (Å²) in [6.07, 6.45) is 2.95. The van der Waals surface area contributed by atoms with Crippen LogP contribution in [0.5, 0.6) is 0 Å². The molecule has 100 valence electrons. The Hall–Kier alpha value is -1.18. The van der Waals surface area contributed by atoms with Gasteiger partial charge in [-0.25, -0.2) is 9.97 Å². The minimum absolute atomic E-state index is 0.436. The average Bonchev–Trinajstić information content (AvgIpc) is 2.27. The van der Waals surface area contributed by atoms with Crippen LogP contribution in [-0.4, -0.2) is 45.5 Å². The normalized spacial score (nSPS) is 12.4. The van der Waals surface area contributed by atoms with Crippen LogP contribution < -0.4 is 10.8 Å². The van der Waals surface area contributed by atoms with Crippen LogP contribution in [0.3, 0.4) is 0 Å². The summed E-state index contributed by atoms with van der Waals surface area (Å²) in [5.74, 6) is 0.465. The van der Waals surface area contributed by atoms with Crippen molar-refractivity contribution in [2.45, 2.75) is 38.9 Å². The van der Waals surface area contributed by atoms with Crippen LogP contribution in [0.2, 0.25) is 0 Å². The van der Waals surface area contributed by atoms with E-state index in [-0.39, 0.29) is 0 Å². The predicted molar refractivity (Wildman–Crippen MR) is 70.6 cm³/mol. The highest BCUT2D eigenvalue weighted by Crippen LogP contribution is 2.25. The van der Waals surface area contributed by atoms with Crippen LogP contribution in [0.1, 0.15) is 27.7 Å². The molecule has 0 aliphatic heterocycles. The van der Waals surface area contributed by atoms with Gasteiger partial charge in [-0.05, 0) is 27.7 Å². The van der Waals surface area contributed by atoms with Gasteiger partial charge in [-0.1, -0.05) is 0 Å². The predicted octanol–water partition coefficient (Wildman–Crippen LogP) is -0.228. The number of hydrogen-bond acceptors (Lipinski definition) is 6. The molecule has 6 nitrogen and oxygen atoms in total. The van der Waals surface area contributed by atoms with E-state index >= 15 is 0 Å². The molecule has 0 fully saturated rings. The van der Waals surface area contributed by atoms with Crippen molar-refractivity contribution >= 4 is 18.5 Å². The maximum absolute atomic E-state index is 9.95. The van der Waals surface area contributed by atoms with Gasteiger partial charge in [-0.2, -0.15) is 0 Å². The van der Waals surface area contributed by atoms with E-state index in [0.29, 0.717) is 11.4 Å². The Morgan fingerprint density at radius 2 is 1.72 bits per heavy atom. The van der Waals surface area contributed by atoms with Gasteiger partial charge < -0.3 is 20.1 Å². The Morgan fingerprint density at radius 1 is 1.22 bits per heavy atom. The minimum Gasteiger partial charge on any atom is -0.423 e. The Bertz CT molecular complexity index is 390. The first-order chi connectivity index (χ1) is 8.17. The van der Waals surface area contributed by atoms with Crippen molar-refractivity contribution in [1.82, 2.24) is 9.97 Å². The summed E-state index contributed by atoms with van der Waals surface area (Å²) < 4.78 is 5.47. The van der Waals surface area contributed by atoms with Crippen LogP contribution in [0.15, 0.2) is 12.4 Å². The fourth-order valence-corrected chi connectivity index (χ4v) is 1.09. The summed E-state index contributed by atoms with van der Waals surface area (Å²) >= 11 is 0. The first-order valence-electron chi connectivity index (χ1n) is 5.75. The van der Waals surface area contributed by atoms with Gasteiger partial charge in [0, 0.05) is 24.9 Å². The van der Waals surface area contributed by atoms with Crippen molar-refractivity contribution in [3.63, 3.8) is 0 Å². The molecule has 1 rings (SSSR count). The zero-order valence-corrected chi connectivity index (χ0v) is 11.4. The molecule has 0 bridgehead atoms. The van der Waals surface area contributed by atoms with Crippen molar-refractivity contribution in [2.75, 3.05) is 12.4 Å². The molecule has 0 saturated carbocycles. The highest BCUT2D eigenvalue weighted by molar-refractivity contribution is 6.59. The number of aliphatic hydroxyl groups is 1. The second-order valence-electron chi connectivity index (χ2n) is 5.13. The van der Waals surface area contributed by atoms with E-state index in [4.69, 9.17) is 4.65 Å². The molecule has 1 aromatic heterocycles. The van der Waals surface area contributed by atoms with Gasteiger partial charge in [0.25, 0.3) is 0 Å². The molecule has 0 aliphatic carbocycles. The molecule has 0 atom stereocenters. The summed E-state index contributed by atoms with van der Waals surface area (Å²) in [6.45, 7) is 6.67. The van der Waals surface area contributed by atoms with E-state index in [1.807, 2.05) is 0 Å². The molecule has 0 aliphatic rings. The van der Waals surface area contributed by atoms with Gasteiger partial charge >= 0.3 is 7.12 Å². The van der Waals surface area contributed by atoms with Crippen LogP contribution >= 0.6 is 0 Å². The summed E-state index contributed by atoms with van der Waals surface area (Å²) in [4.78, 5) is 7.97. The standard InChI is InChI=1S/C11H20BN3O3/c1-10(2,16)11(3,4)18-12(17)8-6-14-9(13-5)15-7-8/h6-7,16-17H,1-5H3,(H,13,14,15). The smallest absolute Gasteiger partial charge is 0.423 e. The summed E-state index contributed by atoms with van der Waals surface area (Å²) in [6, 6.07) is 0. The second kappa shape index (κ2) is 5.21. The molecular weight excluding hydrogens is 233 g/mol. The maximum Gasteiger partial charge on any atom is 0.494 e. The molecular formula is C11H20BN3O3. The first-order valence-corrected chi connectivity index (χ1v) is 5.75. The van der Waals surface area contributed by atoms with Crippen molar-refractivity contribution < 1.29 is 14.8 Å². The fraction of sp³-hybridized carbons (Fsp3) is 0.636. The summed E-state index contributed by atoms with van der Waals surface area (Å²) in [5, 5.41) is 22.7. The zero-order valence-electron chi connectivity index (χ0n) is 11.4. The second-order valence-corrected chi connectivity index (χ2v) is 5.13. The van der Waals surface area contributed by atoms with Crippen molar-refractivity contribution in [2.24, 2.45) is 0 Å². The minimum atomic E-state index is -1.18. The zero-order chi connectivity index (χ0) is 14.0. The third kappa shape index (κ3) is 3.41. The van der Waals surface area contributed by atoms with Gasteiger partial charge in [0.1, 0.15) is 0 Å². The fourth-order valence-electron chi connectivity index (χ4n) is 1.09. The molecule has 0 unspecified atom stereocenters. The molecule has 0 spiro atoms. The van der Waals surface area contributed by atoms with E-state index in [1.54, 1.807) is 34.7 Å². The average molecular weight is 253 g/mol. The Balaban J connectivity index is 2.78. The third-order valence-corrected chi connectivity index (χ3v) is 3.06. The molecule has 0 amide bonds. The SMILES string of the molecule is CNc1ncc(B(O)OC(C)(C)C(C)(C)O)cn1. The van der Waals surface area contributed by atoms with E-state index < -0.39 is 18.3 Å². The van der Waals surface area contributed by atoms with Gasteiger partial charge in [-0.3, -0.25) is 0 Å². The molecule has 1 heterocycles. The summed E-state index contributed by atoms with van der Waals surface area (Å²) in [5.41, 5.74) is -1.56. The highest BCUT2D eigenvalue weighted by Gasteiger charge is 2.39. The van der Waals surface area contributed by atoms with E-state index in [0.717, 1.165) is 0 Å². The lowest BCUT2D eigenvalue weighted by molar-refractivity contribution is -0.0982. The third-order valence-electron chi connectivity index (χ3n) is 3.06. The monoisotopic (exact) mass is 253 g/mol. The Kier molecular flexibility index (Phi) is 4.31. The number of aromatic nitrogens is 2. The number of hydrogen-bond donors (Lipinski definition) is 3. The molecule has 0 aromatic carbocycles. The molecule has 0 saturated heterocycles. The van der Waals surface area contributed by atoms with Crippen LogP contribution in [0, 0.1) is 0 Å².